The van der Waals surface area contributed by atoms with E-state index in [0.29, 0.717) is 5.69 Å². The number of nitrogens with one attached hydrogen (secondary N) is 3. The molecule has 0 aromatic heterocycles. The van der Waals surface area contributed by atoms with Crippen LogP contribution in [0, 0.1) is 6.92 Å². The summed E-state index contributed by atoms with van der Waals surface area (Å²) < 4.78 is 53.6. The Bertz CT molecular complexity index is 954. The molecule has 0 radical (unpaired) electrons. The van der Waals surface area contributed by atoms with Gasteiger partial charge in [0.25, 0.3) is 10.0 Å². The van der Waals surface area contributed by atoms with Crippen molar-refractivity contribution >= 4 is 31.4 Å². The van der Waals surface area contributed by atoms with E-state index in [-0.39, 0.29) is 15.5 Å². The van der Waals surface area contributed by atoms with Crippen LogP contribution < -0.4 is 14.8 Å². The van der Waals surface area contributed by atoms with Crippen molar-refractivity contribution in [2.45, 2.75) is 16.7 Å². The van der Waals surface area contributed by atoms with Gasteiger partial charge in [-0.1, -0.05) is 12.1 Å². The molecule has 0 bridgehead atoms. The van der Waals surface area contributed by atoms with Crippen molar-refractivity contribution in [3.8, 4) is 0 Å². The average molecular weight is 369 g/mol. The number of rotatable bonds is 6. The third-order valence-electron chi connectivity index (χ3n) is 3.38. The Balaban J connectivity index is 2.50. The van der Waals surface area contributed by atoms with Crippen molar-refractivity contribution < 1.29 is 16.8 Å². The van der Waals surface area contributed by atoms with Gasteiger partial charge in [-0.25, -0.2) is 21.6 Å². The maximum Gasteiger partial charge on any atom is 0.261 e. The van der Waals surface area contributed by atoms with Gasteiger partial charge in [-0.3, -0.25) is 4.72 Å². The van der Waals surface area contributed by atoms with Crippen LogP contribution in [0.15, 0.2) is 52.3 Å². The first kappa shape index (κ1) is 18.2. The quantitative estimate of drug-likeness (QED) is 0.719. The van der Waals surface area contributed by atoms with Crippen molar-refractivity contribution in [2.75, 3.05) is 24.1 Å². The van der Waals surface area contributed by atoms with Gasteiger partial charge >= 0.3 is 0 Å². The second-order valence-electron chi connectivity index (χ2n) is 5.09. The van der Waals surface area contributed by atoms with Gasteiger partial charge in [0.05, 0.1) is 21.2 Å². The highest BCUT2D eigenvalue weighted by molar-refractivity contribution is 7.92. The zero-order valence-corrected chi connectivity index (χ0v) is 15.1. The molecule has 0 heterocycles. The van der Waals surface area contributed by atoms with E-state index in [2.05, 4.69) is 14.8 Å². The molecular formula is C15H19N3O4S2. The molecular weight excluding hydrogens is 350 g/mol. The highest BCUT2D eigenvalue weighted by atomic mass is 32.2. The number of sulfonamides is 2. The van der Waals surface area contributed by atoms with Gasteiger partial charge < -0.3 is 5.32 Å². The molecule has 0 aliphatic heterocycles. The van der Waals surface area contributed by atoms with Gasteiger partial charge in [0.15, 0.2) is 0 Å². The van der Waals surface area contributed by atoms with Crippen LogP contribution in [0.2, 0.25) is 0 Å². The number of hydrogen-bond acceptors (Lipinski definition) is 5. The van der Waals surface area contributed by atoms with Crippen molar-refractivity contribution in [1.82, 2.24) is 4.72 Å². The molecule has 0 aliphatic carbocycles. The minimum absolute atomic E-state index is 0.0362. The van der Waals surface area contributed by atoms with E-state index in [1.807, 2.05) is 0 Å². The smallest absolute Gasteiger partial charge is 0.261 e. The van der Waals surface area contributed by atoms with E-state index in [1.165, 1.54) is 37.4 Å². The predicted molar refractivity (Wildman–Crippen MR) is 94.2 cm³/mol. The van der Waals surface area contributed by atoms with Crippen LogP contribution in [0.5, 0.6) is 0 Å². The molecule has 130 valence electrons. The maximum absolute atomic E-state index is 12.5. The van der Waals surface area contributed by atoms with Gasteiger partial charge in [0.2, 0.25) is 10.0 Å². The van der Waals surface area contributed by atoms with Gasteiger partial charge in [-0.2, -0.15) is 0 Å². The van der Waals surface area contributed by atoms with Crippen LogP contribution in [0.4, 0.5) is 11.4 Å². The van der Waals surface area contributed by atoms with E-state index in [1.54, 1.807) is 26.1 Å². The molecule has 3 N–H and O–H groups in total. The molecule has 0 atom stereocenters. The van der Waals surface area contributed by atoms with Gasteiger partial charge in [0, 0.05) is 7.05 Å². The zero-order chi connectivity index (χ0) is 18.0. The van der Waals surface area contributed by atoms with E-state index in [9.17, 15) is 16.8 Å². The van der Waals surface area contributed by atoms with E-state index < -0.39 is 20.0 Å². The SMILES string of the molecule is CNc1ccc(S(=O)(=O)NC)cc1NS(=O)(=O)c1cccc(C)c1. The summed E-state index contributed by atoms with van der Waals surface area (Å²) in [5.74, 6) is 0. The lowest BCUT2D eigenvalue weighted by molar-refractivity contribution is 0.588. The summed E-state index contributed by atoms with van der Waals surface area (Å²) in [6.07, 6.45) is 0. The Morgan fingerprint density at radius 3 is 2.04 bits per heavy atom. The number of anilines is 2. The Labute approximate surface area is 142 Å². The van der Waals surface area contributed by atoms with E-state index in [4.69, 9.17) is 0 Å². The first-order chi connectivity index (χ1) is 11.2. The lowest BCUT2D eigenvalue weighted by atomic mass is 10.2. The van der Waals surface area contributed by atoms with Crippen molar-refractivity contribution in [2.24, 2.45) is 0 Å². The molecule has 0 amide bonds. The van der Waals surface area contributed by atoms with Crippen LogP contribution >= 0.6 is 0 Å². The Kier molecular flexibility index (Phi) is 5.16. The summed E-state index contributed by atoms with van der Waals surface area (Å²) in [7, 11) is -4.62. The molecule has 2 aromatic rings. The van der Waals surface area contributed by atoms with Crippen LogP contribution in [0.25, 0.3) is 0 Å². The van der Waals surface area contributed by atoms with Gasteiger partial charge in [-0.15, -0.1) is 0 Å². The second kappa shape index (κ2) is 6.80. The van der Waals surface area contributed by atoms with Crippen LogP contribution in [0.1, 0.15) is 5.56 Å². The first-order valence-corrected chi connectivity index (χ1v) is 10.0. The number of benzene rings is 2. The molecule has 7 nitrogen and oxygen atoms in total. The predicted octanol–water partition coefficient (Wildman–Crippen LogP) is 1.75. The third kappa shape index (κ3) is 3.86. The Hall–Kier alpha value is -2.10. The fraction of sp³-hybridized carbons (Fsp3) is 0.200. The summed E-state index contributed by atoms with van der Waals surface area (Å²) >= 11 is 0. The number of hydrogen-bond donors (Lipinski definition) is 3. The molecule has 0 unspecified atom stereocenters. The van der Waals surface area contributed by atoms with Gasteiger partial charge in [0.1, 0.15) is 0 Å². The maximum atomic E-state index is 12.5. The normalized spacial score (nSPS) is 12.0. The van der Waals surface area contributed by atoms with Crippen LogP contribution in [0.3, 0.4) is 0 Å². The zero-order valence-electron chi connectivity index (χ0n) is 13.5. The summed E-state index contributed by atoms with van der Waals surface area (Å²) in [6, 6.07) is 10.6. The molecule has 2 rings (SSSR count). The highest BCUT2D eigenvalue weighted by Crippen LogP contribution is 2.27. The van der Waals surface area contributed by atoms with Crippen LogP contribution in [-0.2, 0) is 20.0 Å². The molecule has 2 aromatic carbocycles. The third-order valence-corrected chi connectivity index (χ3v) is 6.16. The molecule has 0 fully saturated rings. The van der Waals surface area contributed by atoms with Crippen molar-refractivity contribution in [3.05, 3.63) is 48.0 Å². The van der Waals surface area contributed by atoms with Crippen molar-refractivity contribution in [1.29, 1.82) is 0 Å². The minimum Gasteiger partial charge on any atom is -0.386 e. The molecule has 24 heavy (non-hydrogen) atoms. The first-order valence-electron chi connectivity index (χ1n) is 7.04. The fourth-order valence-corrected chi connectivity index (χ4v) is 4.03. The largest absolute Gasteiger partial charge is 0.386 e. The summed E-state index contributed by atoms with van der Waals surface area (Å²) in [5, 5.41) is 2.84. The average Bonchev–Trinajstić information content (AvgIpc) is 2.54. The molecule has 0 spiro atoms. The van der Waals surface area contributed by atoms with E-state index >= 15 is 0 Å². The Morgan fingerprint density at radius 2 is 1.46 bits per heavy atom. The Morgan fingerprint density at radius 1 is 0.792 bits per heavy atom. The highest BCUT2D eigenvalue weighted by Gasteiger charge is 2.19. The topological polar surface area (TPSA) is 104 Å². The summed E-state index contributed by atoms with van der Waals surface area (Å²) in [6.45, 7) is 1.79. The summed E-state index contributed by atoms with van der Waals surface area (Å²) in [5.41, 5.74) is 1.41. The monoisotopic (exact) mass is 369 g/mol. The lowest BCUT2D eigenvalue weighted by Crippen LogP contribution is -2.19. The standard InChI is InChI=1S/C15H19N3O4S2/c1-11-5-4-6-12(9-11)24(21,22)18-15-10-13(23(19,20)17-3)7-8-14(15)16-2/h4-10,16-18H,1-3H3. The molecule has 9 heteroatoms. The van der Waals surface area contributed by atoms with Crippen molar-refractivity contribution in [3.63, 3.8) is 0 Å². The van der Waals surface area contributed by atoms with Gasteiger partial charge in [-0.05, 0) is 49.9 Å². The van der Waals surface area contributed by atoms with Crippen LogP contribution in [-0.4, -0.2) is 30.9 Å². The molecule has 0 saturated carbocycles. The number of aryl methyl sites for hydroxylation is 1. The van der Waals surface area contributed by atoms with E-state index in [0.717, 1.165) is 5.56 Å². The molecule has 0 saturated heterocycles. The summed E-state index contributed by atoms with van der Waals surface area (Å²) in [4.78, 5) is 0.0670. The lowest BCUT2D eigenvalue weighted by Gasteiger charge is -2.14. The minimum atomic E-state index is -3.84. The molecule has 0 aliphatic rings. The second-order valence-corrected chi connectivity index (χ2v) is 8.66. The fourth-order valence-electron chi connectivity index (χ4n) is 2.10.